The van der Waals surface area contributed by atoms with E-state index in [1.807, 2.05) is 18.2 Å². The average molecular weight is 338 g/mol. The number of benzene rings is 2. The number of hydrogen-bond acceptors (Lipinski definition) is 2. The molecule has 1 aliphatic heterocycles. The van der Waals surface area contributed by atoms with Crippen LogP contribution in [0.2, 0.25) is 0 Å². The second-order valence-corrected chi connectivity index (χ2v) is 5.96. The number of hydrogen-bond donors (Lipinski definition) is 0. The van der Waals surface area contributed by atoms with Crippen molar-refractivity contribution in [3.05, 3.63) is 46.4 Å². The molecule has 2 atom stereocenters. The molecule has 0 aromatic heterocycles. The van der Waals surface area contributed by atoms with Gasteiger partial charge in [-0.05, 0) is 38.7 Å². The molecule has 4 heteroatoms. The number of alkyl halides is 1. The summed E-state index contributed by atoms with van der Waals surface area (Å²) in [6.07, 6.45) is -0.132. The van der Waals surface area contributed by atoms with Crippen molar-refractivity contribution in [1.82, 2.24) is 5.06 Å². The largest absolute Gasteiger partial charge is 0.302 e. The topological polar surface area (TPSA) is 12.5 Å². The van der Waals surface area contributed by atoms with E-state index in [2.05, 4.69) is 34.1 Å². The van der Waals surface area contributed by atoms with Crippen molar-refractivity contribution < 1.29 is 9.23 Å². The van der Waals surface area contributed by atoms with Gasteiger partial charge in [-0.3, -0.25) is 0 Å². The van der Waals surface area contributed by atoms with Gasteiger partial charge in [0.1, 0.15) is 6.17 Å². The first-order valence-corrected chi connectivity index (χ1v) is 7.60. The molecule has 2 aromatic rings. The molecule has 2 aromatic carbocycles. The Morgan fingerprint density at radius 1 is 1.25 bits per heavy atom. The predicted molar refractivity (Wildman–Crippen MR) is 82.5 cm³/mol. The summed E-state index contributed by atoms with van der Waals surface area (Å²) in [7, 11) is 1.60. The molecule has 1 fully saturated rings. The summed E-state index contributed by atoms with van der Waals surface area (Å²) < 4.78 is 15.4. The standard InChI is InChI=1S/C16H17BrFNO/c1-20-19-9-8-13(15(18)10-19)14-7-6-11-4-2-3-5-12(11)16(14)17/h2-7,13,15H,8-10H2,1H3. The summed E-state index contributed by atoms with van der Waals surface area (Å²) >= 11 is 3.67. The van der Waals surface area contributed by atoms with Crippen LogP contribution in [0.5, 0.6) is 0 Å². The first-order valence-electron chi connectivity index (χ1n) is 6.81. The minimum atomic E-state index is -0.902. The number of piperidine rings is 1. The maximum atomic E-state index is 14.4. The highest BCUT2D eigenvalue weighted by Crippen LogP contribution is 2.38. The van der Waals surface area contributed by atoms with Crippen molar-refractivity contribution >= 4 is 26.7 Å². The quantitative estimate of drug-likeness (QED) is 0.810. The van der Waals surface area contributed by atoms with Gasteiger partial charge in [0.15, 0.2) is 0 Å². The van der Waals surface area contributed by atoms with Gasteiger partial charge in [-0.1, -0.05) is 36.4 Å². The molecule has 1 heterocycles. The molecule has 1 saturated heterocycles. The number of halogens is 2. The lowest BCUT2D eigenvalue weighted by Crippen LogP contribution is -2.40. The van der Waals surface area contributed by atoms with E-state index in [-0.39, 0.29) is 5.92 Å². The Morgan fingerprint density at radius 2 is 2.05 bits per heavy atom. The third-order valence-electron chi connectivity index (χ3n) is 4.05. The van der Waals surface area contributed by atoms with Crippen LogP contribution in [0.3, 0.4) is 0 Å². The highest BCUT2D eigenvalue weighted by Gasteiger charge is 2.31. The molecule has 0 saturated carbocycles. The molecule has 0 radical (unpaired) electrons. The van der Waals surface area contributed by atoms with Gasteiger partial charge in [-0.25, -0.2) is 4.39 Å². The number of fused-ring (bicyclic) bond motifs is 1. The van der Waals surface area contributed by atoms with Gasteiger partial charge in [0.05, 0.1) is 13.7 Å². The Hall–Kier alpha value is -0.970. The van der Waals surface area contributed by atoms with Crippen LogP contribution in [0.4, 0.5) is 4.39 Å². The van der Waals surface area contributed by atoms with Crippen LogP contribution in [0.1, 0.15) is 17.9 Å². The van der Waals surface area contributed by atoms with Crippen molar-refractivity contribution in [3.8, 4) is 0 Å². The van der Waals surface area contributed by atoms with E-state index >= 15 is 0 Å². The van der Waals surface area contributed by atoms with Crippen LogP contribution < -0.4 is 0 Å². The van der Waals surface area contributed by atoms with Crippen LogP contribution in [0, 0.1) is 0 Å². The summed E-state index contributed by atoms with van der Waals surface area (Å²) in [5, 5.41) is 4.01. The van der Waals surface area contributed by atoms with Gasteiger partial charge in [-0.2, -0.15) is 5.06 Å². The third-order valence-corrected chi connectivity index (χ3v) is 4.94. The summed E-state index contributed by atoms with van der Waals surface area (Å²) in [5.74, 6) is -0.0691. The monoisotopic (exact) mass is 337 g/mol. The molecule has 2 unspecified atom stereocenters. The molecule has 1 aliphatic rings. The molecule has 0 aliphatic carbocycles. The highest BCUT2D eigenvalue weighted by atomic mass is 79.9. The van der Waals surface area contributed by atoms with E-state index in [0.29, 0.717) is 6.54 Å². The van der Waals surface area contributed by atoms with Gasteiger partial charge in [0.25, 0.3) is 0 Å². The fourth-order valence-electron chi connectivity index (χ4n) is 2.93. The SMILES string of the molecule is CON1CCC(c2ccc3ccccc3c2Br)C(F)C1. The molecule has 20 heavy (non-hydrogen) atoms. The molecular weight excluding hydrogens is 321 g/mol. The summed E-state index contributed by atoms with van der Waals surface area (Å²) in [4.78, 5) is 5.13. The van der Waals surface area contributed by atoms with Crippen LogP contribution in [-0.2, 0) is 4.84 Å². The minimum absolute atomic E-state index is 0.0691. The zero-order valence-corrected chi connectivity index (χ0v) is 12.9. The fraction of sp³-hybridized carbons (Fsp3) is 0.375. The Labute approximate surface area is 126 Å². The van der Waals surface area contributed by atoms with Crippen molar-refractivity contribution in [3.63, 3.8) is 0 Å². The van der Waals surface area contributed by atoms with Gasteiger partial charge in [-0.15, -0.1) is 0 Å². The second-order valence-electron chi connectivity index (χ2n) is 5.17. The van der Waals surface area contributed by atoms with Gasteiger partial charge >= 0.3 is 0 Å². The van der Waals surface area contributed by atoms with Gasteiger partial charge < -0.3 is 4.84 Å². The van der Waals surface area contributed by atoms with Crippen LogP contribution in [0.25, 0.3) is 10.8 Å². The van der Waals surface area contributed by atoms with E-state index in [0.717, 1.165) is 28.4 Å². The number of nitrogens with zero attached hydrogens (tertiary/aromatic N) is 1. The lowest BCUT2D eigenvalue weighted by molar-refractivity contribution is -0.158. The van der Waals surface area contributed by atoms with Gasteiger partial charge in [0, 0.05) is 16.9 Å². The Morgan fingerprint density at radius 3 is 2.80 bits per heavy atom. The van der Waals surface area contributed by atoms with E-state index in [1.165, 1.54) is 5.39 Å². The first kappa shape index (κ1) is 14.0. The predicted octanol–water partition coefficient (Wildman–Crippen LogP) is 4.29. The molecule has 106 valence electrons. The molecule has 3 rings (SSSR count). The number of hydroxylamine groups is 2. The molecule has 0 bridgehead atoms. The second kappa shape index (κ2) is 5.80. The molecule has 0 spiro atoms. The lowest BCUT2D eigenvalue weighted by atomic mass is 9.87. The Balaban J connectivity index is 1.96. The van der Waals surface area contributed by atoms with Crippen LogP contribution in [0.15, 0.2) is 40.9 Å². The molecule has 0 N–H and O–H groups in total. The number of rotatable bonds is 2. The summed E-state index contributed by atoms with van der Waals surface area (Å²) in [6, 6.07) is 12.3. The Kier molecular flexibility index (Phi) is 4.06. The van der Waals surface area contributed by atoms with Crippen LogP contribution in [-0.4, -0.2) is 31.4 Å². The normalized spacial score (nSPS) is 24.1. The van der Waals surface area contributed by atoms with E-state index in [9.17, 15) is 4.39 Å². The zero-order chi connectivity index (χ0) is 14.1. The average Bonchev–Trinajstić information content (AvgIpc) is 2.48. The first-order chi connectivity index (χ1) is 9.70. The van der Waals surface area contributed by atoms with E-state index in [4.69, 9.17) is 4.84 Å². The molecule has 0 amide bonds. The maximum Gasteiger partial charge on any atom is 0.122 e. The van der Waals surface area contributed by atoms with E-state index < -0.39 is 6.17 Å². The molecular formula is C16H17BrFNO. The van der Waals surface area contributed by atoms with Crippen molar-refractivity contribution in [2.45, 2.75) is 18.5 Å². The zero-order valence-electron chi connectivity index (χ0n) is 11.4. The molecule has 2 nitrogen and oxygen atoms in total. The highest BCUT2D eigenvalue weighted by molar-refractivity contribution is 9.10. The maximum absolute atomic E-state index is 14.4. The lowest BCUT2D eigenvalue weighted by Gasteiger charge is -2.33. The smallest absolute Gasteiger partial charge is 0.122 e. The van der Waals surface area contributed by atoms with Crippen molar-refractivity contribution in [1.29, 1.82) is 0 Å². The Bertz CT molecular complexity index is 618. The van der Waals surface area contributed by atoms with Crippen LogP contribution >= 0.6 is 15.9 Å². The minimum Gasteiger partial charge on any atom is -0.302 e. The van der Waals surface area contributed by atoms with E-state index in [1.54, 1.807) is 12.2 Å². The summed E-state index contributed by atoms with van der Waals surface area (Å²) in [6.45, 7) is 1.10. The van der Waals surface area contributed by atoms with Crippen molar-refractivity contribution in [2.75, 3.05) is 20.2 Å². The summed E-state index contributed by atoms with van der Waals surface area (Å²) in [5.41, 5.74) is 1.06. The van der Waals surface area contributed by atoms with Gasteiger partial charge in [0.2, 0.25) is 0 Å². The fourth-order valence-corrected chi connectivity index (χ4v) is 3.72. The van der Waals surface area contributed by atoms with Crippen molar-refractivity contribution in [2.24, 2.45) is 0 Å². The third kappa shape index (κ3) is 2.48.